The van der Waals surface area contributed by atoms with Crippen LogP contribution >= 0.6 is 0 Å². The summed E-state index contributed by atoms with van der Waals surface area (Å²) in [6, 6.07) is 21.3. The van der Waals surface area contributed by atoms with Gasteiger partial charge in [-0.3, -0.25) is 0 Å². The van der Waals surface area contributed by atoms with Crippen molar-refractivity contribution in [1.29, 1.82) is 0 Å². The molecule has 2 unspecified atom stereocenters. The van der Waals surface area contributed by atoms with Gasteiger partial charge in [0.05, 0.1) is 5.69 Å². The van der Waals surface area contributed by atoms with Crippen LogP contribution in [0.3, 0.4) is 0 Å². The van der Waals surface area contributed by atoms with Crippen molar-refractivity contribution in [3.63, 3.8) is 0 Å². The van der Waals surface area contributed by atoms with Gasteiger partial charge in [-0.25, -0.2) is 0 Å². The van der Waals surface area contributed by atoms with E-state index in [-0.39, 0.29) is 11.5 Å². The summed E-state index contributed by atoms with van der Waals surface area (Å²) in [4.78, 5) is 0. The Morgan fingerprint density at radius 2 is 1.80 bits per heavy atom. The monoisotopic (exact) mass is 390 g/mol. The summed E-state index contributed by atoms with van der Waals surface area (Å²) in [7, 11) is 0. The molecule has 2 aromatic carbocycles. The van der Waals surface area contributed by atoms with Gasteiger partial charge in [0.25, 0.3) is 0 Å². The van der Waals surface area contributed by atoms with Gasteiger partial charge in [-0.1, -0.05) is 66.8 Å². The second-order valence-corrected chi connectivity index (χ2v) is 8.48. The molecule has 30 heavy (non-hydrogen) atoms. The molecule has 0 radical (unpaired) electrons. The first kappa shape index (κ1) is 18.7. The Labute approximate surface area is 177 Å². The Kier molecular flexibility index (Phi) is 4.67. The lowest BCUT2D eigenvalue weighted by Gasteiger charge is -2.21. The van der Waals surface area contributed by atoms with Crippen molar-refractivity contribution < 1.29 is 0 Å². The largest absolute Gasteiger partial charge is 0.322 e. The van der Waals surface area contributed by atoms with Crippen LogP contribution in [0.25, 0.3) is 23.9 Å². The smallest absolute Gasteiger partial charge is 0.0506 e. The van der Waals surface area contributed by atoms with Crippen molar-refractivity contribution in [3.05, 3.63) is 112 Å². The SMILES string of the molecule is CC1(N)C=c2c3c(n(-c4ccccc4)c2=CC1)/C=C\C=C=CC3Cc1ccccc1. The molecular weight excluding hydrogens is 364 g/mol. The molecule has 2 nitrogen and oxygen atoms in total. The third kappa shape index (κ3) is 3.41. The first-order valence-electron chi connectivity index (χ1n) is 10.6. The molecule has 0 amide bonds. The highest BCUT2D eigenvalue weighted by Crippen LogP contribution is 2.28. The van der Waals surface area contributed by atoms with E-state index in [0.29, 0.717) is 0 Å². The molecule has 2 atom stereocenters. The number of benzene rings is 2. The number of hydrogen-bond acceptors (Lipinski definition) is 1. The number of hydrogen-bond donors (Lipinski definition) is 1. The lowest BCUT2D eigenvalue weighted by Crippen LogP contribution is -2.44. The molecule has 3 aromatic rings. The Balaban J connectivity index is 1.81. The highest BCUT2D eigenvalue weighted by atomic mass is 15.0. The maximum absolute atomic E-state index is 6.60. The van der Waals surface area contributed by atoms with Gasteiger partial charge < -0.3 is 10.3 Å². The van der Waals surface area contributed by atoms with Crippen LogP contribution in [0.5, 0.6) is 0 Å². The van der Waals surface area contributed by atoms with Crippen LogP contribution in [0.1, 0.15) is 36.1 Å². The van der Waals surface area contributed by atoms with Crippen LogP contribution in [0, 0.1) is 0 Å². The summed E-state index contributed by atoms with van der Waals surface area (Å²) in [6.07, 6.45) is 14.8. The number of allylic oxidation sites excluding steroid dienone is 2. The Morgan fingerprint density at radius 3 is 2.57 bits per heavy atom. The van der Waals surface area contributed by atoms with Crippen molar-refractivity contribution >= 4 is 18.2 Å². The molecule has 2 aliphatic carbocycles. The van der Waals surface area contributed by atoms with Crippen LogP contribution in [0.4, 0.5) is 0 Å². The maximum Gasteiger partial charge on any atom is 0.0506 e. The van der Waals surface area contributed by atoms with Crippen molar-refractivity contribution in [2.75, 3.05) is 0 Å². The molecule has 0 aliphatic heterocycles. The predicted molar refractivity (Wildman–Crippen MR) is 126 cm³/mol. The first-order valence-corrected chi connectivity index (χ1v) is 10.6. The molecule has 2 N–H and O–H groups in total. The first-order chi connectivity index (χ1) is 14.6. The third-order valence-electron chi connectivity index (χ3n) is 5.96. The normalized spacial score (nSPS) is 22.8. The number of aromatic nitrogens is 1. The van der Waals surface area contributed by atoms with Crippen LogP contribution in [0.2, 0.25) is 0 Å². The van der Waals surface area contributed by atoms with Crippen LogP contribution in [0.15, 0.2) is 84.6 Å². The predicted octanol–water partition coefficient (Wildman–Crippen LogP) is 4.22. The molecule has 1 heterocycles. The molecular formula is C28H26N2. The van der Waals surface area contributed by atoms with Crippen LogP contribution in [-0.4, -0.2) is 10.1 Å². The fourth-order valence-corrected chi connectivity index (χ4v) is 4.59. The Bertz CT molecular complexity index is 1280. The average Bonchev–Trinajstić information content (AvgIpc) is 3.03. The maximum atomic E-state index is 6.60. The topological polar surface area (TPSA) is 30.9 Å². The number of para-hydroxylation sites is 1. The minimum absolute atomic E-state index is 0.223. The standard InChI is InChI=1S/C28H26N2/c1-28(29)18-17-25-24(20-28)27-22(19-21-11-5-2-6-12-21)13-7-3-10-16-26(27)30(25)23-14-8-4-9-15-23/h2-6,8-17,20,22H,18-19,29H2,1H3/b16-10-. The number of nitrogens with zero attached hydrogens (tertiary/aromatic N) is 1. The molecule has 2 aliphatic rings. The second-order valence-electron chi connectivity index (χ2n) is 8.48. The molecule has 148 valence electrons. The molecule has 0 saturated heterocycles. The van der Waals surface area contributed by atoms with E-state index >= 15 is 0 Å². The lowest BCUT2D eigenvalue weighted by molar-refractivity contribution is 0.636. The fourth-order valence-electron chi connectivity index (χ4n) is 4.59. The highest BCUT2D eigenvalue weighted by Gasteiger charge is 2.26. The van der Waals surface area contributed by atoms with Gasteiger partial charge in [-0.15, -0.1) is 5.73 Å². The molecule has 0 fully saturated rings. The summed E-state index contributed by atoms with van der Waals surface area (Å²) in [5.74, 6) is 0.223. The van der Waals surface area contributed by atoms with Crippen molar-refractivity contribution in [3.8, 4) is 5.69 Å². The van der Waals surface area contributed by atoms with Gasteiger partial charge in [-0.2, -0.15) is 0 Å². The van der Waals surface area contributed by atoms with Gasteiger partial charge in [0.1, 0.15) is 0 Å². The zero-order valence-electron chi connectivity index (χ0n) is 17.3. The Morgan fingerprint density at radius 1 is 1.07 bits per heavy atom. The van der Waals surface area contributed by atoms with Crippen LogP contribution < -0.4 is 16.3 Å². The van der Waals surface area contributed by atoms with E-state index in [9.17, 15) is 0 Å². The zero-order chi connectivity index (χ0) is 20.6. The number of nitrogens with two attached hydrogens (primary N) is 1. The van der Waals surface area contributed by atoms with Crippen molar-refractivity contribution in [1.82, 2.24) is 4.57 Å². The molecule has 1 aromatic heterocycles. The summed E-state index contributed by atoms with van der Waals surface area (Å²) >= 11 is 0. The van der Waals surface area contributed by atoms with Gasteiger partial charge >= 0.3 is 0 Å². The second kappa shape index (κ2) is 7.50. The van der Waals surface area contributed by atoms with E-state index < -0.39 is 0 Å². The average molecular weight is 391 g/mol. The minimum Gasteiger partial charge on any atom is -0.322 e. The van der Waals surface area contributed by atoms with Gasteiger partial charge in [0.2, 0.25) is 0 Å². The van der Waals surface area contributed by atoms with E-state index in [0.717, 1.165) is 12.8 Å². The summed E-state index contributed by atoms with van der Waals surface area (Å²) in [5, 5.41) is 2.50. The van der Waals surface area contributed by atoms with E-state index in [1.807, 2.05) is 6.08 Å². The van der Waals surface area contributed by atoms with Gasteiger partial charge in [0.15, 0.2) is 0 Å². The third-order valence-corrected chi connectivity index (χ3v) is 5.96. The van der Waals surface area contributed by atoms with E-state index in [1.54, 1.807) is 0 Å². The summed E-state index contributed by atoms with van der Waals surface area (Å²) < 4.78 is 2.39. The van der Waals surface area contributed by atoms with E-state index in [4.69, 9.17) is 5.73 Å². The zero-order valence-corrected chi connectivity index (χ0v) is 17.3. The molecule has 5 rings (SSSR count). The Hall–Kier alpha value is -3.32. The highest BCUT2D eigenvalue weighted by molar-refractivity contribution is 5.63. The van der Waals surface area contributed by atoms with Crippen molar-refractivity contribution in [2.24, 2.45) is 5.73 Å². The molecule has 0 saturated carbocycles. The lowest BCUT2D eigenvalue weighted by atomic mass is 9.86. The molecule has 0 bridgehead atoms. The summed E-state index contributed by atoms with van der Waals surface area (Å²) in [6.45, 7) is 2.11. The van der Waals surface area contributed by atoms with E-state index in [1.165, 1.54) is 33.1 Å². The van der Waals surface area contributed by atoms with E-state index in [2.05, 4.69) is 108 Å². The summed E-state index contributed by atoms with van der Waals surface area (Å²) in [5.41, 5.74) is 14.7. The van der Waals surface area contributed by atoms with Crippen LogP contribution in [-0.2, 0) is 6.42 Å². The fraction of sp³-hybridized carbons (Fsp3) is 0.179. The quantitative estimate of drug-likeness (QED) is 0.667. The number of rotatable bonds is 3. The molecule has 2 heteroatoms. The molecule has 0 spiro atoms. The number of fused-ring (bicyclic) bond motifs is 3. The van der Waals surface area contributed by atoms with Crippen molar-refractivity contribution in [2.45, 2.75) is 31.2 Å². The minimum atomic E-state index is -0.341. The van der Waals surface area contributed by atoms with Gasteiger partial charge in [-0.05, 0) is 61.3 Å². The van der Waals surface area contributed by atoms with Gasteiger partial charge in [0, 0.05) is 27.7 Å².